The molecule has 0 bridgehead atoms. The van der Waals surface area contributed by atoms with E-state index >= 15 is 0 Å². The van der Waals surface area contributed by atoms with Gasteiger partial charge in [-0.15, -0.1) is 11.3 Å². The molecule has 2 aromatic rings. The molecule has 1 aliphatic heterocycles. The van der Waals surface area contributed by atoms with Crippen molar-refractivity contribution in [2.75, 3.05) is 11.4 Å². The molecular formula is C16H17N3O2S. The molecule has 0 aliphatic carbocycles. The first-order chi connectivity index (χ1) is 10.7. The highest BCUT2D eigenvalue weighted by atomic mass is 32.1. The molecule has 0 saturated carbocycles. The zero-order chi connectivity index (χ0) is 15.4. The molecule has 22 heavy (non-hydrogen) atoms. The molecule has 0 radical (unpaired) electrons. The molecule has 3 amide bonds. The Morgan fingerprint density at radius 2 is 2.05 bits per heavy atom. The first-order valence-electron chi connectivity index (χ1n) is 7.17. The van der Waals surface area contributed by atoms with Gasteiger partial charge in [0.1, 0.15) is 6.04 Å². The van der Waals surface area contributed by atoms with Crippen molar-refractivity contribution in [1.82, 2.24) is 10.6 Å². The van der Waals surface area contributed by atoms with Crippen LogP contribution in [0.25, 0.3) is 0 Å². The Morgan fingerprint density at radius 1 is 1.23 bits per heavy atom. The zero-order valence-corrected chi connectivity index (χ0v) is 12.8. The maximum Gasteiger partial charge on any atom is 0.315 e. The maximum atomic E-state index is 12.4. The molecule has 3 rings (SSSR count). The molecule has 1 fully saturated rings. The number of benzene rings is 1. The minimum Gasteiger partial charge on any atom is -0.333 e. The number of thiophene rings is 1. The molecule has 2 N–H and O–H groups in total. The molecule has 1 aromatic heterocycles. The Bertz CT molecular complexity index is 643. The number of nitrogens with zero attached hydrogens (tertiary/aromatic N) is 1. The fourth-order valence-corrected chi connectivity index (χ4v) is 3.11. The molecular weight excluding hydrogens is 298 g/mol. The Labute approximate surface area is 132 Å². The van der Waals surface area contributed by atoms with Crippen LogP contribution in [0.15, 0.2) is 47.8 Å². The average Bonchev–Trinajstić information content (AvgIpc) is 3.17. The van der Waals surface area contributed by atoms with Gasteiger partial charge in [-0.2, -0.15) is 0 Å². The molecule has 2 heterocycles. The van der Waals surface area contributed by atoms with Crippen LogP contribution in [0, 0.1) is 0 Å². The third kappa shape index (κ3) is 3.28. The molecule has 5 nitrogen and oxygen atoms in total. The highest BCUT2D eigenvalue weighted by molar-refractivity contribution is 7.09. The van der Waals surface area contributed by atoms with E-state index in [0.29, 0.717) is 19.5 Å². The number of para-hydroxylation sites is 1. The average molecular weight is 315 g/mol. The van der Waals surface area contributed by atoms with E-state index in [2.05, 4.69) is 10.6 Å². The van der Waals surface area contributed by atoms with Gasteiger partial charge in [-0.05, 0) is 30.0 Å². The van der Waals surface area contributed by atoms with Crippen LogP contribution >= 0.6 is 11.3 Å². The van der Waals surface area contributed by atoms with Crippen molar-refractivity contribution < 1.29 is 9.59 Å². The quantitative estimate of drug-likeness (QED) is 0.910. The van der Waals surface area contributed by atoms with Gasteiger partial charge in [0.2, 0.25) is 5.91 Å². The second-order valence-electron chi connectivity index (χ2n) is 5.07. The van der Waals surface area contributed by atoms with Crippen molar-refractivity contribution in [2.45, 2.75) is 19.0 Å². The Morgan fingerprint density at radius 3 is 2.77 bits per heavy atom. The highest BCUT2D eigenvalue weighted by Gasteiger charge is 2.33. The number of rotatable bonds is 4. The van der Waals surface area contributed by atoms with Crippen LogP contribution in [-0.2, 0) is 11.3 Å². The summed E-state index contributed by atoms with van der Waals surface area (Å²) in [4.78, 5) is 27.0. The Hall–Kier alpha value is -2.34. The summed E-state index contributed by atoms with van der Waals surface area (Å²) in [6, 6.07) is 12.7. The first-order valence-corrected chi connectivity index (χ1v) is 8.05. The summed E-state index contributed by atoms with van der Waals surface area (Å²) in [5.74, 6) is -0.0579. The van der Waals surface area contributed by atoms with Gasteiger partial charge in [0.25, 0.3) is 0 Å². The predicted octanol–water partition coefficient (Wildman–Crippen LogP) is 2.35. The fourth-order valence-electron chi connectivity index (χ4n) is 2.47. The highest BCUT2D eigenvalue weighted by Crippen LogP contribution is 2.20. The van der Waals surface area contributed by atoms with Gasteiger partial charge in [0.15, 0.2) is 0 Å². The second kappa shape index (κ2) is 6.62. The summed E-state index contributed by atoms with van der Waals surface area (Å²) in [6.07, 6.45) is 0.625. The second-order valence-corrected chi connectivity index (χ2v) is 6.11. The molecule has 0 spiro atoms. The summed E-state index contributed by atoms with van der Waals surface area (Å²) < 4.78 is 0. The van der Waals surface area contributed by atoms with E-state index in [4.69, 9.17) is 0 Å². The van der Waals surface area contributed by atoms with E-state index in [9.17, 15) is 9.59 Å². The predicted molar refractivity (Wildman–Crippen MR) is 86.9 cm³/mol. The molecule has 1 aromatic carbocycles. The van der Waals surface area contributed by atoms with Gasteiger partial charge in [0.05, 0.1) is 6.54 Å². The number of carbonyl (C=O) groups excluding carboxylic acids is 2. The van der Waals surface area contributed by atoms with Crippen molar-refractivity contribution >= 4 is 29.0 Å². The van der Waals surface area contributed by atoms with Gasteiger partial charge in [-0.1, -0.05) is 24.3 Å². The molecule has 1 unspecified atom stereocenters. The third-order valence-corrected chi connectivity index (χ3v) is 4.46. The maximum absolute atomic E-state index is 12.4. The van der Waals surface area contributed by atoms with Crippen LogP contribution in [0.4, 0.5) is 10.5 Å². The van der Waals surface area contributed by atoms with E-state index in [1.807, 2.05) is 47.8 Å². The van der Waals surface area contributed by atoms with Gasteiger partial charge in [-0.25, -0.2) is 4.79 Å². The van der Waals surface area contributed by atoms with Gasteiger partial charge in [0, 0.05) is 17.1 Å². The normalized spacial score (nSPS) is 17.5. The van der Waals surface area contributed by atoms with Crippen molar-refractivity contribution in [3.63, 3.8) is 0 Å². The number of hydrogen-bond acceptors (Lipinski definition) is 3. The number of anilines is 1. The third-order valence-electron chi connectivity index (χ3n) is 3.58. The Balaban J connectivity index is 1.53. The largest absolute Gasteiger partial charge is 0.333 e. The van der Waals surface area contributed by atoms with Crippen LogP contribution < -0.4 is 15.5 Å². The van der Waals surface area contributed by atoms with Crippen molar-refractivity contribution in [3.05, 3.63) is 52.7 Å². The number of amides is 3. The van der Waals surface area contributed by atoms with Crippen LogP contribution in [0.2, 0.25) is 0 Å². The number of urea groups is 1. The van der Waals surface area contributed by atoms with Crippen LogP contribution in [0.1, 0.15) is 11.3 Å². The van der Waals surface area contributed by atoms with Crippen LogP contribution in [0.5, 0.6) is 0 Å². The first kappa shape index (κ1) is 14.6. The van der Waals surface area contributed by atoms with Crippen molar-refractivity contribution in [1.29, 1.82) is 0 Å². The minimum atomic E-state index is -0.455. The molecule has 1 saturated heterocycles. The van der Waals surface area contributed by atoms with Crippen LogP contribution in [-0.4, -0.2) is 24.5 Å². The monoisotopic (exact) mass is 315 g/mol. The van der Waals surface area contributed by atoms with Crippen LogP contribution in [0.3, 0.4) is 0 Å². The molecule has 6 heteroatoms. The number of nitrogens with one attached hydrogen (secondary N) is 2. The SMILES string of the molecule is O=C(NCc1cccs1)NC1CCN(c2ccccc2)C1=O. The molecule has 1 atom stereocenters. The van der Waals surface area contributed by atoms with E-state index in [1.54, 1.807) is 16.2 Å². The summed E-state index contributed by atoms with van der Waals surface area (Å²) >= 11 is 1.59. The standard InChI is InChI=1S/C16H17N3O2S/c20-15-14(8-9-19(15)12-5-2-1-3-6-12)18-16(21)17-11-13-7-4-10-22-13/h1-7,10,14H,8-9,11H2,(H2,17,18,21). The zero-order valence-electron chi connectivity index (χ0n) is 12.0. The topological polar surface area (TPSA) is 61.4 Å². The summed E-state index contributed by atoms with van der Waals surface area (Å²) in [5, 5.41) is 7.50. The number of hydrogen-bond donors (Lipinski definition) is 2. The summed E-state index contributed by atoms with van der Waals surface area (Å²) in [7, 11) is 0. The lowest BCUT2D eigenvalue weighted by Crippen LogP contribution is -2.45. The summed E-state index contributed by atoms with van der Waals surface area (Å²) in [6.45, 7) is 1.10. The molecule has 114 valence electrons. The van der Waals surface area contributed by atoms with Gasteiger partial charge in [-0.3, -0.25) is 4.79 Å². The summed E-state index contributed by atoms with van der Waals surface area (Å²) in [5.41, 5.74) is 0.871. The lowest BCUT2D eigenvalue weighted by molar-refractivity contribution is -0.118. The number of carbonyl (C=O) groups is 2. The molecule has 1 aliphatic rings. The van der Waals surface area contributed by atoms with E-state index < -0.39 is 6.04 Å². The minimum absolute atomic E-state index is 0.0579. The lowest BCUT2D eigenvalue weighted by Gasteiger charge is -2.17. The smallest absolute Gasteiger partial charge is 0.315 e. The lowest BCUT2D eigenvalue weighted by atomic mass is 10.2. The Kier molecular flexibility index (Phi) is 4.39. The van der Waals surface area contributed by atoms with Crippen molar-refractivity contribution in [3.8, 4) is 0 Å². The van der Waals surface area contributed by atoms with Crippen molar-refractivity contribution in [2.24, 2.45) is 0 Å². The van der Waals surface area contributed by atoms with E-state index in [0.717, 1.165) is 10.6 Å². The van der Waals surface area contributed by atoms with E-state index in [1.165, 1.54) is 0 Å². The van der Waals surface area contributed by atoms with Gasteiger partial charge < -0.3 is 15.5 Å². The van der Waals surface area contributed by atoms with E-state index in [-0.39, 0.29) is 11.9 Å². The van der Waals surface area contributed by atoms with Gasteiger partial charge >= 0.3 is 6.03 Å². The fraction of sp³-hybridized carbons (Fsp3) is 0.250.